The van der Waals surface area contributed by atoms with Gasteiger partial charge in [0.1, 0.15) is 0 Å². The molecule has 0 aromatic carbocycles. The van der Waals surface area contributed by atoms with E-state index in [0.29, 0.717) is 12.4 Å². The minimum atomic E-state index is 0.0641. The molecule has 2 heterocycles. The Morgan fingerprint density at radius 3 is 2.76 bits per heavy atom. The molecule has 98 valence electrons. The highest BCUT2D eigenvalue weighted by atomic mass is 16.5. The van der Waals surface area contributed by atoms with Gasteiger partial charge >= 0.3 is 0 Å². The van der Waals surface area contributed by atoms with Gasteiger partial charge in [-0.15, -0.1) is 0 Å². The Kier molecular flexibility index (Phi) is 4.54. The summed E-state index contributed by atoms with van der Waals surface area (Å²) >= 11 is 0. The second-order valence-electron chi connectivity index (χ2n) is 5.43. The molecule has 0 spiro atoms. The molecule has 0 aliphatic carbocycles. The molecule has 2 rings (SSSR count). The van der Waals surface area contributed by atoms with Crippen LogP contribution in [0.3, 0.4) is 0 Å². The first-order valence-electron chi connectivity index (χ1n) is 6.68. The summed E-state index contributed by atoms with van der Waals surface area (Å²) in [6.07, 6.45) is 3.19. The summed E-state index contributed by atoms with van der Waals surface area (Å²) in [5.41, 5.74) is 0. The maximum Gasteiger partial charge on any atom is 0.156 e. The molecule has 0 amide bonds. The molecule has 4 nitrogen and oxygen atoms in total. The van der Waals surface area contributed by atoms with Crippen molar-refractivity contribution in [2.75, 3.05) is 46.9 Å². The number of ether oxygens (including phenoxy) is 1. The SMILES string of the molecule is CN1CCCN(C)C(C(=O)C2CCCOC2)C1. The first kappa shape index (κ1) is 13.0. The lowest BCUT2D eigenvalue weighted by molar-refractivity contribution is -0.132. The molecule has 2 aliphatic rings. The van der Waals surface area contributed by atoms with Crippen LogP contribution >= 0.6 is 0 Å². The molecule has 0 aromatic heterocycles. The Balaban J connectivity index is 1.99. The van der Waals surface area contributed by atoms with Gasteiger partial charge in [-0.3, -0.25) is 9.69 Å². The first-order valence-corrected chi connectivity index (χ1v) is 6.68. The Bertz CT molecular complexity index is 264. The predicted octanol–water partition coefficient (Wildman–Crippen LogP) is 0.618. The number of carbonyl (C=O) groups is 1. The van der Waals surface area contributed by atoms with Gasteiger partial charge in [0.15, 0.2) is 5.78 Å². The highest BCUT2D eigenvalue weighted by Gasteiger charge is 2.32. The van der Waals surface area contributed by atoms with Crippen molar-refractivity contribution in [3.05, 3.63) is 0 Å². The molecule has 0 aromatic rings. The molecule has 0 saturated carbocycles. The summed E-state index contributed by atoms with van der Waals surface area (Å²) in [5, 5.41) is 0. The summed E-state index contributed by atoms with van der Waals surface area (Å²) in [6, 6.07) is 0.0641. The van der Waals surface area contributed by atoms with E-state index in [1.807, 2.05) is 0 Å². The molecular weight excluding hydrogens is 216 g/mol. The van der Waals surface area contributed by atoms with Crippen molar-refractivity contribution in [1.82, 2.24) is 9.80 Å². The van der Waals surface area contributed by atoms with E-state index in [-0.39, 0.29) is 12.0 Å². The summed E-state index contributed by atoms with van der Waals surface area (Å²) in [7, 11) is 4.18. The second kappa shape index (κ2) is 5.94. The number of Topliss-reactive ketones (excluding diaryl/α,β-unsaturated/α-hetero) is 1. The van der Waals surface area contributed by atoms with Crippen LogP contribution in [0, 0.1) is 5.92 Å². The maximum absolute atomic E-state index is 12.5. The highest BCUT2D eigenvalue weighted by Crippen LogP contribution is 2.19. The van der Waals surface area contributed by atoms with E-state index in [2.05, 4.69) is 23.9 Å². The Hall–Kier alpha value is -0.450. The summed E-state index contributed by atoms with van der Waals surface area (Å²) in [4.78, 5) is 17.0. The fourth-order valence-corrected chi connectivity index (χ4v) is 2.82. The smallest absolute Gasteiger partial charge is 0.156 e. The zero-order valence-electron chi connectivity index (χ0n) is 11.0. The van der Waals surface area contributed by atoms with Gasteiger partial charge in [-0.2, -0.15) is 0 Å². The lowest BCUT2D eigenvalue weighted by Gasteiger charge is -2.31. The van der Waals surface area contributed by atoms with Gasteiger partial charge in [0.05, 0.1) is 12.6 Å². The zero-order chi connectivity index (χ0) is 12.3. The van der Waals surface area contributed by atoms with Gasteiger partial charge in [-0.1, -0.05) is 0 Å². The van der Waals surface area contributed by atoms with Crippen LogP contribution in [0.5, 0.6) is 0 Å². The lowest BCUT2D eigenvalue weighted by Crippen LogP contribution is -2.47. The molecule has 2 aliphatic heterocycles. The van der Waals surface area contributed by atoms with E-state index in [1.165, 1.54) is 0 Å². The molecule has 0 radical (unpaired) electrons. The van der Waals surface area contributed by atoms with Crippen molar-refractivity contribution in [3.8, 4) is 0 Å². The molecule has 0 bridgehead atoms. The van der Waals surface area contributed by atoms with E-state index < -0.39 is 0 Å². The van der Waals surface area contributed by atoms with Crippen molar-refractivity contribution in [2.24, 2.45) is 5.92 Å². The van der Waals surface area contributed by atoms with Crippen molar-refractivity contribution >= 4 is 5.78 Å². The average Bonchev–Trinajstić information content (AvgIpc) is 2.51. The molecule has 4 heteroatoms. The topological polar surface area (TPSA) is 32.8 Å². The number of rotatable bonds is 2. The van der Waals surface area contributed by atoms with Crippen LogP contribution in [0.1, 0.15) is 19.3 Å². The van der Waals surface area contributed by atoms with Gasteiger partial charge in [-0.25, -0.2) is 0 Å². The number of hydrogen-bond donors (Lipinski definition) is 0. The third kappa shape index (κ3) is 3.27. The van der Waals surface area contributed by atoms with Gasteiger partial charge in [0.2, 0.25) is 0 Å². The highest BCUT2D eigenvalue weighted by molar-refractivity contribution is 5.86. The number of likely N-dealkylation sites (N-methyl/N-ethyl adjacent to an activating group) is 2. The van der Waals surface area contributed by atoms with Crippen LogP contribution in [0.2, 0.25) is 0 Å². The summed E-state index contributed by atoms with van der Waals surface area (Å²) in [6.45, 7) is 4.44. The van der Waals surface area contributed by atoms with Crippen LogP contribution in [-0.4, -0.2) is 68.6 Å². The Morgan fingerprint density at radius 1 is 1.24 bits per heavy atom. The maximum atomic E-state index is 12.5. The van der Waals surface area contributed by atoms with Gasteiger partial charge in [0, 0.05) is 19.1 Å². The quantitative estimate of drug-likeness (QED) is 0.708. The molecule has 0 N–H and O–H groups in total. The third-order valence-corrected chi connectivity index (χ3v) is 3.96. The molecule has 17 heavy (non-hydrogen) atoms. The van der Waals surface area contributed by atoms with Gasteiger partial charge in [0.25, 0.3) is 0 Å². The Morgan fingerprint density at radius 2 is 2.06 bits per heavy atom. The predicted molar refractivity (Wildman–Crippen MR) is 67.1 cm³/mol. The van der Waals surface area contributed by atoms with Crippen molar-refractivity contribution < 1.29 is 9.53 Å². The van der Waals surface area contributed by atoms with Crippen LogP contribution < -0.4 is 0 Å². The largest absolute Gasteiger partial charge is 0.381 e. The number of ketones is 1. The van der Waals surface area contributed by atoms with E-state index in [9.17, 15) is 4.79 Å². The molecular formula is C13H24N2O2. The summed E-state index contributed by atoms with van der Waals surface area (Å²) < 4.78 is 5.43. The monoisotopic (exact) mass is 240 g/mol. The lowest BCUT2D eigenvalue weighted by atomic mass is 9.92. The van der Waals surface area contributed by atoms with Crippen LogP contribution in [0.25, 0.3) is 0 Å². The first-order chi connectivity index (χ1) is 8.18. The standard InChI is InChI=1S/C13H24N2O2/c1-14-6-4-7-15(2)12(9-14)13(16)11-5-3-8-17-10-11/h11-12H,3-10H2,1-2H3. The minimum absolute atomic E-state index is 0.0641. The van der Waals surface area contributed by atoms with Crippen molar-refractivity contribution in [2.45, 2.75) is 25.3 Å². The van der Waals surface area contributed by atoms with E-state index in [4.69, 9.17) is 4.74 Å². The second-order valence-corrected chi connectivity index (χ2v) is 5.43. The molecule has 2 fully saturated rings. The van der Waals surface area contributed by atoms with Gasteiger partial charge < -0.3 is 9.64 Å². The zero-order valence-corrected chi connectivity index (χ0v) is 11.0. The minimum Gasteiger partial charge on any atom is -0.381 e. The number of hydrogen-bond acceptors (Lipinski definition) is 4. The fourth-order valence-electron chi connectivity index (χ4n) is 2.82. The fraction of sp³-hybridized carbons (Fsp3) is 0.923. The van der Waals surface area contributed by atoms with Crippen LogP contribution in [-0.2, 0) is 9.53 Å². The van der Waals surface area contributed by atoms with Crippen molar-refractivity contribution in [3.63, 3.8) is 0 Å². The molecule has 2 saturated heterocycles. The van der Waals surface area contributed by atoms with E-state index in [0.717, 1.165) is 45.5 Å². The Labute approximate surface area is 104 Å². The van der Waals surface area contributed by atoms with E-state index >= 15 is 0 Å². The van der Waals surface area contributed by atoms with Crippen LogP contribution in [0.4, 0.5) is 0 Å². The van der Waals surface area contributed by atoms with Crippen LogP contribution in [0.15, 0.2) is 0 Å². The van der Waals surface area contributed by atoms with Gasteiger partial charge in [-0.05, 0) is 46.4 Å². The normalized spacial score (nSPS) is 33.3. The third-order valence-electron chi connectivity index (χ3n) is 3.96. The number of carbonyl (C=O) groups excluding carboxylic acids is 1. The molecule has 2 atom stereocenters. The number of nitrogens with zero attached hydrogens (tertiary/aromatic N) is 2. The molecule has 2 unspecified atom stereocenters. The van der Waals surface area contributed by atoms with E-state index in [1.54, 1.807) is 0 Å². The average molecular weight is 240 g/mol. The van der Waals surface area contributed by atoms with Crippen molar-refractivity contribution in [1.29, 1.82) is 0 Å². The summed E-state index contributed by atoms with van der Waals surface area (Å²) in [5.74, 6) is 0.517.